The first-order chi connectivity index (χ1) is 21.2. The van der Waals surface area contributed by atoms with Crippen LogP contribution in [0.15, 0.2) is 60.8 Å². The molecule has 3 rings (SSSR count). The molecule has 0 atom stereocenters. The van der Waals surface area contributed by atoms with Gasteiger partial charge in [0, 0.05) is 12.6 Å². The van der Waals surface area contributed by atoms with E-state index in [1.54, 1.807) is 20.8 Å². The molecule has 0 unspecified atom stereocenters. The van der Waals surface area contributed by atoms with E-state index in [1.165, 1.54) is 49.5 Å². The van der Waals surface area contributed by atoms with E-state index >= 15 is 0 Å². The van der Waals surface area contributed by atoms with Crippen LogP contribution in [0, 0.1) is 0 Å². The minimum Gasteiger partial charge on any atom is -0.480 e. The van der Waals surface area contributed by atoms with Crippen molar-refractivity contribution in [1.82, 2.24) is 9.29 Å². The van der Waals surface area contributed by atoms with Crippen LogP contribution in [0.2, 0.25) is 10.0 Å². The first kappa shape index (κ1) is 36.5. The smallest absolute Gasteiger partial charge is 0.433 e. The number of aromatic nitrogens is 1. The molecule has 0 aliphatic carbocycles. The SMILES string of the molecule is CN(C(=O)c1ccc(N(Cc2cccc(Cl)c2Cl)S(=O)(=O)N(CC(=O)O)CC(=O)OC(C)(C)C)cc1)c1ccc(C(F)(F)F)nc1. The van der Waals surface area contributed by atoms with E-state index in [0.717, 1.165) is 27.5 Å². The van der Waals surface area contributed by atoms with Crippen LogP contribution in [0.3, 0.4) is 0 Å². The molecule has 0 saturated heterocycles. The Kier molecular flexibility index (Phi) is 11.3. The van der Waals surface area contributed by atoms with Gasteiger partial charge in [-0.25, -0.2) is 4.98 Å². The van der Waals surface area contributed by atoms with Crippen molar-refractivity contribution in [3.05, 3.63) is 87.7 Å². The number of amides is 1. The van der Waals surface area contributed by atoms with E-state index in [4.69, 9.17) is 27.9 Å². The molecule has 1 heterocycles. The number of benzene rings is 2. The standard InChI is InChI=1S/C29H29Cl2F3N4O7S/c1-28(2,3)45-25(41)17-37(16-24(39)40)46(43,44)38(15-19-6-5-7-22(30)26(19)31)20-10-8-18(9-11-20)27(42)36(4)21-12-13-23(35-14-21)29(32,33)34/h5-14H,15-17H2,1-4H3,(H,39,40). The molecule has 3 aromatic rings. The first-order valence-corrected chi connectivity index (χ1v) is 15.4. The summed E-state index contributed by atoms with van der Waals surface area (Å²) in [5.41, 5.74) is -1.85. The lowest BCUT2D eigenvalue weighted by Crippen LogP contribution is -2.48. The molecule has 46 heavy (non-hydrogen) atoms. The summed E-state index contributed by atoms with van der Waals surface area (Å²) in [4.78, 5) is 41.8. The largest absolute Gasteiger partial charge is 0.480 e. The lowest BCUT2D eigenvalue weighted by molar-refractivity contribution is -0.155. The number of halogens is 5. The Morgan fingerprint density at radius 2 is 1.54 bits per heavy atom. The van der Waals surface area contributed by atoms with E-state index in [0.29, 0.717) is 4.31 Å². The van der Waals surface area contributed by atoms with Crippen LogP contribution in [-0.2, 0) is 37.3 Å². The zero-order chi connectivity index (χ0) is 34.6. The Bertz CT molecular complexity index is 1700. The van der Waals surface area contributed by atoms with Crippen molar-refractivity contribution in [3.63, 3.8) is 0 Å². The predicted octanol–water partition coefficient (Wildman–Crippen LogP) is 5.66. The fourth-order valence-corrected chi connectivity index (χ4v) is 5.88. The number of alkyl halides is 3. The second-order valence-corrected chi connectivity index (χ2v) is 13.4. The van der Waals surface area contributed by atoms with Crippen LogP contribution in [-0.4, -0.2) is 66.4 Å². The number of carbonyl (C=O) groups excluding carboxylic acids is 2. The summed E-state index contributed by atoms with van der Waals surface area (Å²) >= 11 is 12.5. The van der Waals surface area contributed by atoms with E-state index in [-0.39, 0.29) is 32.5 Å². The number of aliphatic carboxylic acids is 1. The van der Waals surface area contributed by atoms with Gasteiger partial charge in [0.1, 0.15) is 24.4 Å². The van der Waals surface area contributed by atoms with E-state index in [9.17, 15) is 41.1 Å². The van der Waals surface area contributed by atoms with Crippen molar-refractivity contribution < 1.29 is 45.8 Å². The highest BCUT2D eigenvalue weighted by Crippen LogP contribution is 2.31. The van der Waals surface area contributed by atoms with Gasteiger partial charge in [-0.2, -0.15) is 25.9 Å². The van der Waals surface area contributed by atoms with Gasteiger partial charge in [0.15, 0.2) is 0 Å². The van der Waals surface area contributed by atoms with Gasteiger partial charge in [0.05, 0.1) is 34.2 Å². The number of hydrogen-bond acceptors (Lipinski definition) is 7. The fourth-order valence-electron chi connectivity index (χ4n) is 3.99. The third kappa shape index (κ3) is 9.31. The topological polar surface area (TPSA) is 137 Å². The number of ether oxygens (including phenoxy) is 1. The fraction of sp³-hybridized carbons (Fsp3) is 0.310. The van der Waals surface area contributed by atoms with Crippen molar-refractivity contribution in [3.8, 4) is 0 Å². The summed E-state index contributed by atoms with van der Waals surface area (Å²) in [7, 11) is -3.49. The highest BCUT2D eigenvalue weighted by molar-refractivity contribution is 7.90. The summed E-state index contributed by atoms with van der Waals surface area (Å²) < 4.78 is 73.1. The lowest BCUT2D eigenvalue weighted by Gasteiger charge is -2.31. The van der Waals surface area contributed by atoms with Crippen molar-refractivity contribution >= 4 is 62.6 Å². The quantitative estimate of drug-likeness (QED) is 0.253. The Hall–Kier alpha value is -3.92. The number of pyridine rings is 1. The molecule has 2 aromatic carbocycles. The highest BCUT2D eigenvalue weighted by atomic mass is 35.5. The molecule has 1 N–H and O–H groups in total. The number of rotatable bonds is 11. The molecule has 17 heteroatoms. The van der Waals surface area contributed by atoms with Gasteiger partial charge in [-0.15, -0.1) is 0 Å². The van der Waals surface area contributed by atoms with Crippen molar-refractivity contribution in [2.75, 3.05) is 29.3 Å². The maximum atomic E-state index is 14.0. The monoisotopic (exact) mass is 704 g/mol. The van der Waals surface area contributed by atoms with Crippen LogP contribution in [0.1, 0.15) is 42.4 Å². The van der Waals surface area contributed by atoms with Crippen LogP contribution in [0.25, 0.3) is 0 Å². The molecular formula is C29H29Cl2F3N4O7S. The maximum Gasteiger partial charge on any atom is 0.433 e. The van der Waals surface area contributed by atoms with Crippen molar-refractivity contribution in [2.45, 2.75) is 39.1 Å². The van der Waals surface area contributed by atoms with Crippen LogP contribution < -0.4 is 9.21 Å². The van der Waals surface area contributed by atoms with Gasteiger partial charge in [-0.1, -0.05) is 35.3 Å². The molecule has 1 aromatic heterocycles. The maximum absolute atomic E-state index is 14.0. The number of carbonyl (C=O) groups is 3. The average molecular weight is 706 g/mol. The summed E-state index contributed by atoms with van der Waals surface area (Å²) in [5, 5.41) is 9.64. The molecular weight excluding hydrogens is 676 g/mol. The summed E-state index contributed by atoms with van der Waals surface area (Å²) in [6.45, 7) is 2.18. The van der Waals surface area contributed by atoms with Crippen LogP contribution in [0.5, 0.6) is 0 Å². The molecule has 0 aliphatic heterocycles. The third-order valence-corrected chi connectivity index (χ3v) is 8.79. The zero-order valence-corrected chi connectivity index (χ0v) is 27.2. The molecule has 0 aliphatic rings. The van der Waals surface area contributed by atoms with Gasteiger partial charge in [0.2, 0.25) is 0 Å². The number of carboxylic acid groups (broad SMARTS) is 1. The Morgan fingerprint density at radius 1 is 0.935 bits per heavy atom. The van der Waals surface area contributed by atoms with Crippen LogP contribution in [0.4, 0.5) is 24.5 Å². The molecule has 0 spiro atoms. The molecule has 1 amide bonds. The minimum atomic E-state index is -4.81. The Balaban J connectivity index is 2.01. The second-order valence-electron chi connectivity index (χ2n) is 10.8. The van der Waals surface area contributed by atoms with E-state index in [2.05, 4.69) is 4.98 Å². The van der Waals surface area contributed by atoms with E-state index in [1.807, 2.05) is 0 Å². The zero-order valence-electron chi connectivity index (χ0n) is 24.9. The molecule has 0 fully saturated rings. The number of anilines is 2. The van der Waals surface area contributed by atoms with Gasteiger partial charge in [0.25, 0.3) is 5.91 Å². The second kappa shape index (κ2) is 14.2. The lowest BCUT2D eigenvalue weighted by atomic mass is 10.1. The molecule has 0 saturated carbocycles. The molecule has 0 bridgehead atoms. The minimum absolute atomic E-state index is 0.0277. The number of carboxylic acids is 1. The summed E-state index contributed by atoms with van der Waals surface area (Å²) in [6.07, 6.45) is -3.77. The van der Waals surface area contributed by atoms with Gasteiger partial charge in [-0.3, -0.25) is 18.7 Å². The molecule has 0 radical (unpaired) electrons. The predicted molar refractivity (Wildman–Crippen MR) is 165 cm³/mol. The number of hydrogen-bond donors (Lipinski definition) is 1. The van der Waals surface area contributed by atoms with Gasteiger partial charge >= 0.3 is 28.3 Å². The number of esters is 1. The van der Waals surface area contributed by atoms with Crippen molar-refractivity contribution in [2.24, 2.45) is 0 Å². The van der Waals surface area contributed by atoms with Gasteiger partial charge < -0.3 is 14.7 Å². The third-order valence-electron chi connectivity index (χ3n) is 6.12. The Labute approximate surface area is 273 Å². The molecule has 248 valence electrons. The highest BCUT2D eigenvalue weighted by Gasteiger charge is 2.35. The van der Waals surface area contributed by atoms with Gasteiger partial charge in [-0.05, 0) is 68.8 Å². The number of nitrogens with zero attached hydrogens (tertiary/aromatic N) is 4. The average Bonchev–Trinajstić information content (AvgIpc) is 2.95. The molecule has 11 nitrogen and oxygen atoms in total. The van der Waals surface area contributed by atoms with E-state index < -0.39 is 65.2 Å². The Morgan fingerprint density at radius 3 is 2.07 bits per heavy atom. The van der Waals surface area contributed by atoms with Crippen molar-refractivity contribution in [1.29, 1.82) is 0 Å². The first-order valence-electron chi connectivity index (χ1n) is 13.3. The summed E-state index contributed by atoms with van der Waals surface area (Å²) in [6, 6.07) is 11.4. The normalized spacial score (nSPS) is 12.1. The summed E-state index contributed by atoms with van der Waals surface area (Å²) in [5.74, 6) is -3.20. The van der Waals surface area contributed by atoms with Crippen LogP contribution >= 0.6 is 23.2 Å².